The molecule has 2 aromatic carbocycles. The Balaban J connectivity index is 1.50. The van der Waals surface area contributed by atoms with Crippen LogP contribution in [0.3, 0.4) is 0 Å². The summed E-state index contributed by atoms with van der Waals surface area (Å²) in [5, 5.41) is 2.52. The summed E-state index contributed by atoms with van der Waals surface area (Å²) in [5.74, 6) is 0. The Morgan fingerprint density at radius 2 is 1.21 bits per heavy atom. The van der Waals surface area contributed by atoms with Crippen molar-refractivity contribution in [2.75, 3.05) is 6.17 Å². The zero-order chi connectivity index (χ0) is 29.9. The van der Waals surface area contributed by atoms with E-state index in [0.717, 1.165) is 51.5 Å². The van der Waals surface area contributed by atoms with Gasteiger partial charge >= 0.3 is 0 Å². The number of hydrogen-bond acceptors (Lipinski definition) is 8. The van der Waals surface area contributed by atoms with Crippen molar-refractivity contribution in [2.24, 2.45) is 4.99 Å². The number of rotatable bonds is 7. The SMILES string of the molecule is Cc1ccc(-c2sc3c(c2-c2ccccc2)S(=O)(=O)c2c-3sc(-c3ccc([Si](C)(C)CN=C=S)s3)c2-c2ccccc2)s1. The van der Waals surface area contributed by atoms with Crippen LogP contribution in [0.4, 0.5) is 0 Å². The van der Waals surface area contributed by atoms with E-state index < -0.39 is 17.9 Å². The lowest BCUT2D eigenvalue weighted by molar-refractivity contribution is 0.599. The number of aryl methyl sites for hydroxylation is 1. The first-order valence-electron chi connectivity index (χ1n) is 13.6. The Labute approximate surface area is 273 Å². The molecule has 43 heavy (non-hydrogen) atoms. The van der Waals surface area contributed by atoms with E-state index >= 15 is 0 Å². The van der Waals surface area contributed by atoms with Gasteiger partial charge in [-0.15, -0.1) is 45.3 Å². The average Bonchev–Trinajstić information content (AvgIpc) is 3.82. The number of thiophene rings is 4. The van der Waals surface area contributed by atoms with Gasteiger partial charge in [-0.2, -0.15) is 0 Å². The monoisotopic (exact) mass is 687 g/mol. The fourth-order valence-electron chi connectivity index (χ4n) is 5.52. The van der Waals surface area contributed by atoms with Crippen molar-refractivity contribution in [2.45, 2.75) is 29.8 Å². The first-order valence-corrected chi connectivity index (χ1v) is 22.0. The Bertz CT molecular complexity index is 2160. The lowest BCUT2D eigenvalue weighted by Gasteiger charge is -2.16. The van der Waals surface area contributed by atoms with Crippen LogP contribution in [-0.2, 0) is 9.84 Å². The van der Waals surface area contributed by atoms with Crippen molar-refractivity contribution in [1.29, 1.82) is 0 Å². The summed E-state index contributed by atoms with van der Waals surface area (Å²) in [4.78, 5) is 12.3. The molecule has 6 aromatic rings. The fourth-order valence-corrected chi connectivity index (χ4v) is 16.0. The molecule has 0 aliphatic carbocycles. The van der Waals surface area contributed by atoms with Gasteiger partial charge < -0.3 is 0 Å². The molecule has 0 bridgehead atoms. The fraction of sp³-hybridized carbons (Fsp3) is 0.121. The molecule has 214 valence electrons. The molecule has 0 fully saturated rings. The van der Waals surface area contributed by atoms with E-state index in [-0.39, 0.29) is 0 Å². The van der Waals surface area contributed by atoms with Crippen molar-refractivity contribution in [3.05, 3.63) is 89.8 Å². The van der Waals surface area contributed by atoms with Gasteiger partial charge in [0.15, 0.2) is 0 Å². The van der Waals surface area contributed by atoms with Gasteiger partial charge in [0.25, 0.3) is 0 Å². The van der Waals surface area contributed by atoms with Crippen molar-refractivity contribution < 1.29 is 8.42 Å². The topological polar surface area (TPSA) is 46.5 Å². The second-order valence-electron chi connectivity index (χ2n) is 11.0. The molecule has 7 rings (SSSR count). The van der Waals surface area contributed by atoms with E-state index in [4.69, 9.17) is 12.2 Å². The van der Waals surface area contributed by atoms with Crippen LogP contribution in [0.25, 0.3) is 51.5 Å². The molecule has 5 heterocycles. The first-order chi connectivity index (χ1) is 20.7. The molecule has 3 nitrogen and oxygen atoms in total. The van der Waals surface area contributed by atoms with Gasteiger partial charge in [-0.3, -0.25) is 0 Å². The Morgan fingerprint density at radius 1 is 0.698 bits per heavy atom. The first kappa shape index (κ1) is 28.9. The molecule has 0 N–H and O–H groups in total. The highest BCUT2D eigenvalue weighted by Crippen LogP contribution is 2.63. The Kier molecular flexibility index (Phi) is 7.39. The molecule has 0 saturated carbocycles. The highest BCUT2D eigenvalue weighted by molar-refractivity contribution is 7.93. The van der Waals surface area contributed by atoms with Crippen molar-refractivity contribution in [1.82, 2.24) is 0 Å². The van der Waals surface area contributed by atoms with Gasteiger partial charge in [0, 0.05) is 31.9 Å². The summed E-state index contributed by atoms with van der Waals surface area (Å²) < 4.78 is 31.0. The third-order valence-electron chi connectivity index (χ3n) is 7.60. The molecular formula is C33H25NO2S6Si. The molecule has 4 aromatic heterocycles. The van der Waals surface area contributed by atoms with Gasteiger partial charge in [0.1, 0.15) is 8.07 Å². The molecule has 1 aliphatic heterocycles. The van der Waals surface area contributed by atoms with Crippen LogP contribution in [0.1, 0.15) is 4.88 Å². The van der Waals surface area contributed by atoms with Crippen molar-refractivity contribution >= 4 is 85.1 Å². The lowest BCUT2D eigenvalue weighted by Crippen LogP contribution is -2.42. The van der Waals surface area contributed by atoms with Crippen LogP contribution >= 0.6 is 57.6 Å². The number of nitrogens with zero attached hydrogens (tertiary/aromatic N) is 1. The lowest BCUT2D eigenvalue weighted by atomic mass is 10.0. The third kappa shape index (κ3) is 4.81. The van der Waals surface area contributed by atoms with E-state index in [2.05, 4.69) is 54.4 Å². The van der Waals surface area contributed by atoms with Crippen LogP contribution in [0.5, 0.6) is 0 Å². The summed E-state index contributed by atoms with van der Waals surface area (Å²) >= 11 is 11.5. The third-order valence-corrected chi connectivity index (χ3v) is 19.1. The van der Waals surface area contributed by atoms with Gasteiger partial charge in [-0.1, -0.05) is 79.8 Å². The molecule has 0 saturated heterocycles. The van der Waals surface area contributed by atoms with Crippen LogP contribution in [0, 0.1) is 6.92 Å². The predicted octanol–water partition coefficient (Wildman–Crippen LogP) is 10.3. The smallest absolute Gasteiger partial charge is 0.210 e. The van der Waals surface area contributed by atoms with Gasteiger partial charge in [-0.25, -0.2) is 13.4 Å². The van der Waals surface area contributed by atoms with Crippen LogP contribution in [-0.4, -0.2) is 27.8 Å². The molecular weight excluding hydrogens is 663 g/mol. The predicted molar refractivity (Wildman–Crippen MR) is 192 cm³/mol. The number of hydrogen-bond donors (Lipinski definition) is 0. The van der Waals surface area contributed by atoms with Crippen LogP contribution in [0.15, 0.2) is 99.7 Å². The summed E-state index contributed by atoms with van der Waals surface area (Å²) in [6, 6.07) is 28.5. The normalized spacial score (nSPS) is 13.5. The number of aliphatic imine (C=N–C) groups is 1. The van der Waals surface area contributed by atoms with E-state index in [1.54, 1.807) is 45.3 Å². The quantitative estimate of drug-likeness (QED) is 0.0952. The molecule has 0 radical (unpaired) electrons. The van der Waals surface area contributed by atoms with Gasteiger partial charge in [0.05, 0.1) is 34.5 Å². The van der Waals surface area contributed by atoms with E-state index in [1.807, 2.05) is 60.7 Å². The number of thiocarbonyl (C=S) groups is 1. The molecule has 0 spiro atoms. The number of sulfone groups is 1. The maximum absolute atomic E-state index is 14.8. The Morgan fingerprint density at radius 3 is 1.70 bits per heavy atom. The zero-order valence-electron chi connectivity index (χ0n) is 23.5. The highest BCUT2D eigenvalue weighted by atomic mass is 32.2. The minimum absolute atomic E-state index is 0.447. The number of isothiocyanates is 1. The summed E-state index contributed by atoms with van der Waals surface area (Å²) in [6.07, 6.45) is 0.684. The minimum Gasteiger partial charge on any atom is -0.235 e. The average molecular weight is 688 g/mol. The zero-order valence-corrected chi connectivity index (χ0v) is 29.4. The Hall–Kier alpha value is -2.79. The molecule has 0 unspecified atom stereocenters. The summed E-state index contributed by atoms with van der Waals surface area (Å²) in [7, 11) is -5.68. The maximum Gasteiger partial charge on any atom is 0.210 e. The highest BCUT2D eigenvalue weighted by Gasteiger charge is 2.44. The van der Waals surface area contributed by atoms with Crippen LogP contribution in [0.2, 0.25) is 13.1 Å². The van der Waals surface area contributed by atoms with Crippen molar-refractivity contribution in [3.63, 3.8) is 0 Å². The molecule has 0 atom stereocenters. The van der Waals surface area contributed by atoms with E-state index in [9.17, 15) is 8.42 Å². The molecule has 10 heteroatoms. The van der Waals surface area contributed by atoms with Crippen molar-refractivity contribution in [3.8, 4) is 51.5 Å². The van der Waals surface area contributed by atoms with E-state index in [1.165, 1.54) is 9.38 Å². The van der Waals surface area contributed by atoms with E-state index in [0.29, 0.717) is 16.0 Å². The van der Waals surface area contributed by atoms with Crippen LogP contribution < -0.4 is 4.50 Å². The maximum atomic E-state index is 14.8. The molecule has 1 aliphatic rings. The van der Waals surface area contributed by atoms with Gasteiger partial charge in [0.2, 0.25) is 9.84 Å². The summed E-state index contributed by atoms with van der Waals surface area (Å²) in [5.41, 5.74) is 3.47. The second kappa shape index (κ2) is 11.0. The summed E-state index contributed by atoms with van der Waals surface area (Å²) in [6.45, 7) is 6.66. The number of benzene rings is 2. The number of fused-ring (bicyclic) bond motifs is 3. The largest absolute Gasteiger partial charge is 0.235 e. The minimum atomic E-state index is -3.82. The second-order valence-corrected chi connectivity index (χ2v) is 22.4. The standard InChI is InChI=1S/C33H25NO2S6Si/c1-20-14-15-23(38-20)28-26(21-10-6-4-7-11-21)32-30(40-28)31-33(42(32,35)36)27(22-12-8-5-9-13-22)29(41-31)24-16-17-25(39-24)43(2,3)19-34-18-37/h4-17H,19H2,1-3H3. The van der Waals surface area contributed by atoms with Gasteiger partial charge in [-0.05, 0) is 53.0 Å². The molecule has 0 amide bonds.